The van der Waals surface area contributed by atoms with Gasteiger partial charge in [-0.25, -0.2) is 0 Å². The normalized spacial score (nSPS) is 14.6. The molecule has 0 aromatic heterocycles. The van der Waals surface area contributed by atoms with E-state index in [-0.39, 0.29) is 0 Å². The van der Waals surface area contributed by atoms with E-state index >= 15 is 0 Å². The molecule has 3 nitrogen and oxygen atoms in total. The number of hydrogen-bond donors (Lipinski definition) is 1. The molecule has 1 aromatic rings. The van der Waals surface area contributed by atoms with Crippen LogP contribution in [0, 0.1) is 0 Å². The van der Waals surface area contributed by atoms with Crippen molar-refractivity contribution in [3.05, 3.63) is 23.8 Å². The van der Waals surface area contributed by atoms with Gasteiger partial charge in [-0.3, -0.25) is 0 Å². The minimum Gasteiger partial charge on any atom is -0.399 e. The van der Waals surface area contributed by atoms with E-state index in [1.54, 1.807) is 0 Å². The molecule has 16 heavy (non-hydrogen) atoms. The van der Waals surface area contributed by atoms with Gasteiger partial charge in [0.1, 0.15) is 0 Å². The van der Waals surface area contributed by atoms with Crippen LogP contribution in [-0.2, 0) is 6.42 Å². The van der Waals surface area contributed by atoms with Crippen LogP contribution < -0.4 is 10.6 Å². The molecule has 0 saturated heterocycles. The predicted octanol–water partition coefficient (Wildman–Crippen LogP) is 1.58. The van der Waals surface area contributed by atoms with Gasteiger partial charge in [0.15, 0.2) is 0 Å². The van der Waals surface area contributed by atoms with Crippen LogP contribution in [0.15, 0.2) is 18.2 Å². The Balaban J connectivity index is 1.97. The average molecular weight is 219 g/mol. The van der Waals surface area contributed by atoms with Gasteiger partial charge >= 0.3 is 0 Å². The Morgan fingerprint density at radius 3 is 2.94 bits per heavy atom. The minimum absolute atomic E-state index is 0.873. The third kappa shape index (κ3) is 2.47. The summed E-state index contributed by atoms with van der Waals surface area (Å²) in [6, 6.07) is 6.27. The van der Waals surface area contributed by atoms with Crippen LogP contribution in [-0.4, -0.2) is 38.6 Å². The fourth-order valence-electron chi connectivity index (χ4n) is 2.27. The summed E-state index contributed by atoms with van der Waals surface area (Å²) in [6.07, 6.45) is 2.37. The van der Waals surface area contributed by atoms with Gasteiger partial charge in [-0.1, -0.05) is 6.07 Å². The summed E-state index contributed by atoms with van der Waals surface area (Å²) in [4.78, 5) is 4.69. The summed E-state index contributed by atoms with van der Waals surface area (Å²) in [5, 5.41) is 0. The van der Waals surface area contributed by atoms with Gasteiger partial charge in [0.05, 0.1) is 0 Å². The van der Waals surface area contributed by atoms with Crippen molar-refractivity contribution in [2.75, 3.05) is 44.4 Å². The number of nitrogen functional groups attached to an aromatic ring is 1. The first-order valence-electron chi connectivity index (χ1n) is 5.95. The lowest BCUT2D eigenvalue weighted by Crippen LogP contribution is -2.25. The van der Waals surface area contributed by atoms with E-state index < -0.39 is 0 Å². The second-order valence-corrected chi connectivity index (χ2v) is 4.78. The molecule has 0 spiro atoms. The van der Waals surface area contributed by atoms with E-state index in [0.29, 0.717) is 0 Å². The highest BCUT2D eigenvalue weighted by molar-refractivity contribution is 5.64. The zero-order valence-corrected chi connectivity index (χ0v) is 10.2. The molecule has 0 aliphatic carbocycles. The van der Waals surface area contributed by atoms with Crippen LogP contribution in [0.2, 0.25) is 0 Å². The summed E-state index contributed by atoms with van der Waals surface area (Å²) >= 11 is 0. The first kappa shape index (κ1) is 11.3. The second kappa shape index (κ2) is 4.74. The first-order valence-corrected chi connectivity index (χ1v) is 5.95. The molecule has 2 rings (SSSR count). The van der Waals surface area contributed by atoms with E-state index in [2.05, 4.69) is 36.0 Å². The molecule has 0 unspecified atom stereocenters. The molecule has 0 fully saturated rings. The van der Waals surface area contributed by atoms with Crippen LogP contribution in [0.25, 0.3) is 0 Å². The number of benzene rings is 1. The first-order chi connectivity index (χ1) is 7.66. The highest BCUT2D eigenvalue weighted by atomic mass is 15.2. The summed E-state index contributed by atoms with van der Waals surface area (Å²) in [5.74, 6) is 0. The van der Waals surface area contributed by atoms with Crippen LogP contribution in [0.5, 0.6) is 0 Å². The fraction of sp³-hybridized carbons (Fsp3) is 0.538. The van der Waals surface area contributed by atoms with E-state index in [1.165, 1.54) is 17.7 Å². The summed E-state index contributed by atoms with van der Waals surface area (Å²) < 4.78 is 0. The van der Waals surface area contributed by atoms with Crippen LogP contribution in [0.1, 0.15) is 12.0 Å². The van der Waals surface area contributed by atoms with Crippen molar-refractivity contribution in [1.29, 1.82) is 0 Å². The van der Waals surface area contributed by atoms with Gasteiger partial charge in [-0.15, -0.1) is 0 Å². The standard InChI is InChI=1S/C13H21N3/c1-15(2)7-3-8-16-9-6-11-4-5-12(14)10-13(11)16/h4-5,10H,3,6-9,14H2,1-2H3. The molecule has 2 N–H and O–H groups in total. The highest BCUT2D eigenvalue weighted by Crippen LogP contribution is 2.29. The maximum Gasteiger partial charge on any atom is 0.0420 e. The van der Waals surface area contributed by atoms with Gasteiger partial charge in [-0.2, -0.15) is 0 Å². The lowest BCUT2D eigenvalue weighted by atomic mass is 10.1. The predicted molar refractivity (Wildman–Crippen MR) is 69.9 cm³/mol. The molecule has 88 valence electrons. The number of nitrogens with two attached hydrogens (primary N) is 1. The molecule has 1 aromatic carbocycles. The molecule has 0 atom stereocenters. The Morgan fingerprint density at radius 2 is 2.19 bits per heavy atom. The number of hydrogen-bond acceptors (Lipinski definition) is 3. The third-order valence-corrected chi connectivity index (χ3v) is 3.13. The average Bonchev–Trinajstić information content (AvgIpc) is 2.60. The zero-order chi connectivity index (χ0) is 11.5. The molecule has 1 aliphatic heterocycles. The third-order valence-electron chi connectivity index (χ3n) is 3.13. The molecule has 0 bridgehead atoms. The van der Waals surface area contributed by atoms with Crippen LogP contribution in [0.4, 0.5) is 11.4 Å². The lowest BCUT2D eigenvalue weighted by molar-refractivity contribution is 0.401. The maximum atomic E-state index is 5.84. The van der Waals surface area contributed by atoms with Gasteiger partial charge < -0.3 is 15.5 Å². The van der Waals surface area contributed by atoms with Crippen molar-refractivity contribution in [1.82, 2.24) is 4.90 Å². The van der Waals surface area contributed by atoms with Crippen LogP contribution >= 0.6 is 0 Å². The SMILES string of the molecule is CN(C)CCCN1CCc2ccc(N)cc21. The van der Waals surface area contributed by atoms with Crippen molar-refractivity contribution < 1.29 is 0 Å². The summed E-state index contributed by atoms with van der Waals surface area (Å²) in [5.41, 5.74) is 9.50. The van der Waals surface area contributed by atoms with Crippen LogP contribution in [0.3, 0.4) is 0 Å². The van der Waals surface area contributed by atoms with E-state index in [0.717, 1.165) is 31.7 Å². The van der Waals surface area contributed by atoms with Crippen molar-refractivity contribution in [3.63, 3.8) is 0 Å². The van der Waals surface area contributed by atoms with E-state index in [4.69, 9.17) is 5.73 Å². The van der Waals surface area contributed by atoms with Crippen molar-refractivity contribution in [2.45, 2.75) is 12.8 Å². The maximum absolute atomic E-state index is 5.84. The van der Waals surface area contributed by atoms with Crippen molar-refractivity contribution in [2.24, 2.45) is 0 Å². The van der Waals surface area contributed by atoms with Gasteiger partial charge in [0.2, 0.25) is 0 Å². The van der Waals surface area contributed by atoms with Crippen molar-refractivity contribution in [3.8, 4) is 0 Å². The van der Waals surface area contributed by atoms with Crippen molar-refractivity contribution >= 4 is 11.4 Å². The second-order valence-electron chi connectivity index (χ2n) is 4.78. The molecule has 3 heteroatoms. The van der Waals surface area contributed by atoms with E-state index in [9.17, 15) is 0 Å². The minimum atomic E-state index is 0.873. The Morgan fingerprint density at radius 1 is 1.38 bits per heavy atom. The number of anilines is 2. The van der Waals surface area contributed by atoms with Gasteiger partial charge in [-0.05, 0) is 51.2 Å². The fourth-order valence-corrected chi connectivity index (χ4v) is 2.27. The van der Waals surface area contributed by atoms with Gasteiger partial charge in [0.25, 0.3) is 0 Å². The Hall–Kier alpha value is -1.22. The monoisotopic (exact) mass is 219 g/mol. The zero-order valence-electron chi connectivity index (χ0n) is 10.2. The number of nitrogens with zero attached hydrogens (tertiary/aromatic N) is 2. The molecule has 0 amide bonds. The number of rotatable bonds is 4. The Labute approximate surface area is 97.8 Å². The topological polar surface area (TPSA) is 32.5 Å². The molecule has 1 aliphatic rings. The largest absolute Gasteiger partial charge is 0.399 e. The smallest absolute Gasteiger partial charge is 0.0420 e. The highest BCUT2D eigenvalue weighted by Gasteiger charge is 2.18. The van der Waals surface area contributed by atoms with Gasteiger partial charge in [0, 0.05) is 24.5 Å². The molecule has 0 saturated carbocycles. The Kier molecular flexibility index (Phi) is 3.34. The molecule has 0 radical (unpaired) electrons. The number of fused-ring (bicyclic) bond motifs is 1. The molecule has 1 heterocycles. The van der Waals surface area contributed by atoms with E-state index in [1.807, 2.05) is 6.07 Å². The lowest BCUT2D eigenvalue weighted by Gasteiger charge is -2.20. The molecular formula is C13H21N3. The molecular weight excluding hydrogens is 198 g/mol. The summed E-state index contributed by atoms with van der Waals surface area (Å²) in [7, 11) is 4.24. The summed E-state index contributed by atoms with van der Waals surface area (Å²) in [6.45, 7) is 3.43. The Bertz CT molecular complexity index is 360. The quantitative estimate of drug-likeness (QED) is 0.780.